The highest BCUT2D eigenvalue weighted by atomic mass is 19.1. The number of piperidine rings is 1. The molecule has 0 radical (unpaired) electrons. The lowest BCUT2D eigenvalue weighted by Crippen LogP contribution is -2.51. The molecule has 6 nitrogen and oxygen atoms in total. The third-order valence-corrected chi connectivity index (χ3v) is 6.18. The number of likely N-dealkylation sites (tertiary alicyclic amines) is 1. The number of carbonyl (C=O) groups excluding carboxylic acids is 1. The Balaban J connectivity index is 1.76. The lowest BCUT2D eigenvalue weighted by atomic mass is 9.92. The minimum atomic E-state index is -1.89. The Morgan fingerprint density at radius 1 is 1.34 bits per heavy atom. The average Bonchev–Trinajstić information content (AvgIpc) is 3.09. The Morgan fingerprint density at radius 2 is 2.03 bits per heavy atom. The van der Waals surface area contributed by atoms with Crippen LogP contribution in [0.5, 0.6) is 0 Å². The first kappa shape index (κ1) is 23.9. The Bertz CT molecular complexity index is 1020. The minimum absolute atomic E-state index is 0.185. The number of imidazole rings is 1. The molecule has 1 aliphatic rings. The number of aromatic nitrogens is 2. The van der Waals surface area contributed by atoms with E-state index in [9.17, 15) is 4.79 Å². The molecule has 1 aliphatic heterocycles. The normalized spacial score (nSPS) is 16.9. The Labute approximate surface area is 190 Å². The van der Waals surface area contributed by atoms with Crippen LogP contribution in [0.4, 0.5) is 4.39 Å². The van der Waals surface area contributed by atoms with E-state index < -0.39 is 11.6 Å². The predicted molar refractivity (Wildman–Crippen MR) is 128 cm³/mol. The maximum absolute atomic E-state index is 15.4. The summed E-state index contributed by atoms with van der Waals surface area (Å²) < 4.78 is 17.4. The molecule has 3 rings (SSSR count). The molecule has 1 N–H and O–H groups in total. The summed E-state index contributed by atoms with van der Waals surface area (Å²) in [6.45, 7) is 13.9. The van der Waals surface area contributed by atoms with Gasteiger partial charge in [-0.3, -0.25) is 4.79 Å². The van der Waals surface area contributed by atoms with E-state index in [0.29, 0.717) is 19.0 Å². The first-order valence-electron chi connectivity index (χ1n) is 11.1. The molecule has 7 heteroatoms. The van der Waals surface area contributed by atoms with Gasteiger partial charge in [0.15, 0.2) is 5.67 Å². The first-order valence-corrected chi connectivity index (χ1v) is 11.1. The van der Waals surface area contributed by atoms with Crippen molar-refractivity contribution in [3.63, 3.8) is 0 Å². The SMILES string of the molecule is C=N/C(=C\c1cc(-c2cnc(C)n2C)ccc1C)NC(=O)C1(F)CCN(CC(C)C)CC1. The maximum Gasteiger partial charge on any atom is 0.263 e. The van der Waals surface area contributed by atoms with Crippen molar-refractivity contribution in [2.75, 3.05) is 19.6 Å². The van der Waals surface area contributed by atoms with Crippen molar-refractivity contribution in [1.29, 1.82) is 0 Å². The zero-order chi connectivity index (χ0) is 23.5. The van der Waals surface area contributed by atoms with Crippen LogP contribution in [0.25, 0.3) is 17.3 Å². The van der Waals surface area contributed by atoms with Gasteiger partial charge in [-0.15, -0.1) is 0 Å². The lowest BCUT2D eigenvalue weighted by Gasteiger charge is -2.36. The molecule has 1 aromatic carbocycles. The van der Waals surface area contributed by atoms with E-state index in [0.717, 1.165) is 34.8 Å². The van der Waals surface area contributed by atoms with Crippen molar-refractivity contribution in [2.24, 2.45) is 18.0 Å². The highest BCUT2D eigenvalue weighted by Gasteiger charge is 2.41. The van der Waals surface area contributed by atoms with E-state index in [4.69, 9.17) is 0 Å². The van der Waals surface area contributed by atoms with Gasteiger partial charge in [0.25, 0.3) is 5.91 Å². The van der Waals surface area contributed by atoms with Crippen molar-refractivity contribution in [1.82, 2.24) is 19.8 Å². The topological polar surface area (TPSA) is 62.5 Å². The van der Waals surface area contributed by atoms with Crippen molar-refractivity contribution >= 4 is 18.7 Å². The third-order valence-electron chi connectivity index (χ3n) is 6.18. The number of hydrogen-bond donors (Lipinski definition) is 1. The van der Waals surface area contributed by atoms with Crippen LogP contribution in [0.1, 0.15) is 43.6 Å². The van der Waals surface area contributed by atoms with Crippen LogP contribution in [0, 0.1) is 19.8 Å². The molecule has 1 saturated heterocycles. The Morgan fingerprint density at radius 3 is 2.59 bits per heavy atom. The van der Waals surface area contributed by atoms with Gasteiger partial charge < -0.3 is 14.8 Å². The number of nitrogens with zero attached hydrogens (tertiary/aromatic N) is 4. The van der Waals surface area contributed by atoms with Gasteiger partial charge in [-0.1, -0.05) is 26.0 Å². The van der Waals surface area contributed by atoms with E-state index >= 15 is 4.39 Å². The molecule has 0 unspecified atom stereocenters. The molecule has 0 atom stereocenters. The van der Waals surface area contributed by atoms with E-state index in [1.165, 1.54) is 0 Å². The quantitative estimate of drug-likeness (QED) is 0.655. The summed E-state index contributed by atoms with van der Waals surface area (Å²) in [5.74, 6) is 1.05. The average molecular weight is 440 g/mol. The van der Waals surface area contributed by atoms with Crippen LogP contribution in [-0.2, 0) is 11.8 Å². The highest BCUT2D eigenvalue weighted by molar-refractivity contribution is 5.87. The minimum Gasteiger partial charge on any atom is -0.331 e. The van der Waals surface area contributed by atoms with Gasteiger partial charge in [-0.25, -0.2) is 14.4 Å². The van der Waals surface area contributed by atoms with E-state index in [2.05, 4.69) is 40.8 Å². The number of amides is 1. The van der Waals surface area contributed by atoms with Gasteiger partial charge in [0.1, 0.15) is 11.6 Å². The summed E-state index contributed by atoms with van der Waals surface area (Å²) in [7, 11) is 1.97. The summed E-state index contributed by atoms with van der Waals surface area (Å²) in [5.41, 5.74) is 1.99. The fourth-order valence-corrected chi connectivity index (χ4v) is 4.06. The standard InChI is InChI=1S/C25H34FN5O/c1-17(2)16-31-11-9-25(26,10-12-31)24(32)29-23(27-5)14-21-13-20(8-7-18(21)3)22-15-28-19(4)30(22)6/h7-8,13-15,17H,5,9-12,16H2,1-4,6H3,(H,29,32)/b23-14+. The number of hydrogen-bond acceptors (Lipinski definition) is 4. The Kier molecular flexibility index (Phi) is 7.29. The van der Waals surface area contributed by atoms with Crippen LogP contribution in [0.15, 0.2) is 35.2 Å². The second kappa shape index (κ2) is 9.77. The number of rotatable bonds is 7. The van der Waals surface area contributed by atoms with E-state index in [-0.39, 0.29) is 18.7 Å². The maximum atomic E-state index is 15.4. The molecular formula is C25H34FN5O. The molecule has 2 aromatic rings. The molecule has 2 heterocycles. The van der Waals surface area contributed by atoms with Gasteiger partial charge in [0.2, 0.25) is 0 Å². The summed E-state index contributed by atoms with van der Waals surface area (Å²) >= 11 is 0. The molecule has 0 saturated carbocycles. The van der Waals surface area contributed by atoms with Crippen LogP contribution in [0.3, 0.4) is 0 Å². The fourth-order valence-electron chi connectivity index (χ4n) is 4.06. The first-order chi connectivity index (χ1) is 15.1. The predicted octanol–water partition coefficient (Wildman–Crippen LogP) is 4.28. The molecule has 172 valence electrons. The van der Waals surface area contributed by atoms with E-state index in [1.807, 2.05) is 49.9 Å². The van der Waals surface area contributed by atoms with Crippen molar-refractivity contribution < 1.29 is 9.18 Å². The molecule has 0 spiro atoms. The molecule has 1 amide bonds. The smallest absolute Gasteiger partial charge is 0.263 e. The summed E-state index contributed by atoms with van der Waals surface area (Å²) in [5, 5.41) is 2.66. The largest absolute Gasteiger partial charge is 0.331 e. The van der Waals surface area contributed by atoms with Gasteiger partial charge in [-0.05, 0) is 49.8 Å². The Hall–Kier alpha value is -2.80. The zero-order valence-corrected chi connectivity index (χ0v) is 19.8. The molecular weight excluding hydrogens is 405 g/mol. The van der Waals surface area contributed by atoms with Crippen molar-refractivity contribution in [3.8, 4) is 11.3 Å². The molecule has 0 aliphatic carbocycles. The van der Waals surface area contributed by atoms with E-state index in [1.54, 1.807) is 6.08 Å². The van der Waals surface area contributed by atoms with Crippen molar-refractivity contribution in [3.05, 3.63) is 47.2 Å². The molecule has 0 bridgehead atoms. The molecule has 1 aromatic heterocycles. The second-order valence-electron chi connectivity index (χ2n) is 9.12. The third kappa shape index (κ3) is 5.33. The van der Waals surface area contributed by atoms with Gasteiger partial charge in [-0.2, -0.15) is 0 Å². The number of aliphatic imine (C=N–C) groups is 1. The number of aryl methyl sites for hydroxylation is 2. The number of nitrogens with one attached hydrogen (secondary N) is 1. The van der Waals surface area contributed by atoms with Crippen LogP contribution >= 0.6 is 0 Å². The van der Waals surface area contributed by atoms with Gasteiger partial charge in [0.05, 0.1) is 11.9 Å². The number of carbonyl (C=O) groups is 1. The molecule has 32 heavy (non-hydrogen) atoms. The summed E-state index contributed by atoms with van der Waals surface area (Å²) in [6.07, 6.45) is 3.94. The molecule has 1 fully saturated rings. The number of alkyl halides is 1. The number of benzene rings is 1. The monoisotopic (exact) mass is 439 g/mol. The van der Waals surface area contributed by atoms with Gasteiger partial charge >= 0.3 is 0 Å². The summed E-state index contributed by atoms with van der Waals surface area (Å²) in [6, 6.07) is 6.05. The summed E-state index contributed by atoms with van der Waals surface area (Å²) in [4.78, 5) is 23.3. The van der Waals surface area contributed by atoms with Crippen LogP contribution < -0.4 is 5.32 Å². The van der Waals surface area contributed by atoms with Crippen LogP contribution in [-0.4, -0.2) is 52.4 Å². The van der Waals surface area contributed by atoms with Crippen LogP contribution in [0.2, 0.25) is 0 Å². The highest BCUT2D eigenvalue weighted by Crippen LogP contribution is 2.28. The zero-order valence-electron chi connectivity index (χ0n) is 19.8. The van der Waals surface area contributed by atoms with Crippen molar-refractivity contribution in [2.45, 2.75) is 46.2 Å². The second-order valence-corrected chi connectivity index (χ2v) is 9.12. The number of halogens is 1. The fraction of sp³-hybridized carbons (Fsp3) is 0.480. The van der Waals surface area contributed by atoms with Gasteiger partial charge in [0, 0.05) is 45.1 Å². The lowest BCUT2D eigenvalue weighted by molar-refractivity contribution is -0.135.